The Morgan fingerprint density at radius 2 is 2.00 bits per heavy atom. The van der Waals surface area contributed by atoms with Gasteiger partial charge < -0.3 is 10.0 Å². The van der Waals surface area contributed by atoms with E-state index >= 15 is 0 Å². The third-order valence-corrected chi connectivity index (χ3v) is 4.26. The van der Waals surface area contributed by atoms with Gasteiger partial charge >= 0.3 is 5.97 Å². The maximum absolute atomic E-state index is 12.4. The van der Waals surface area contributed by atoms with Crippen LogP contribution in [-0.4, -0.2) is 59.0 Å². The van der Waals surface area contributed by atoms with Crippen LogP contribution in [0.15, 0.2) is 29.6 Å². The molecule has 0 aliphatic heterocycles. The molecule has 0 saturated carbocycles. The van der Waals surface area contributed by atoms with Crippen LogP contribution in [0.5, 0.6) is 0 Å². The number of hydrogen-bond donors (Lipinski definition) is 1. The molecule has 118 valence electrons. The predicted octanol–water partition coefficient (Wildman–Crippen LogP) is 0.283. The molecule has 22 heavy (non-hydrogen) atoms. The molecule has 1 unspecified atom stereocenters. The van der Waals surface area contributed by atoms with Crippen LogP contribution in [0.25, 0.3) is 5.52 Å². The molecule has 0 aromatic carbocycles. The number of carboxylic acids is 1. The predicted molar refractivity (Wildman–Crippen MR) is 77.5 cm³/mol. The molecule has 0 spiro atoms. The molecule has 2 heterocycles. The minimum absolute atomic E-state index is 0.100. The number of carbonyl (C=O) groups is 2. The van der Waals surface area contributed by atoms with Gasteiger partial charge in [-0.05, 0) is 19.1 Å². The van der Waals surface area contributed by atoms with Crippen LogP contribution in [-0.2, 0) is 14.6 Å². The van der Waals surface area contributed by atoms with Gasteiger partial charge in [-0.1, -0.05) is 6.07 Å². The molecule has 0 aliphatic carbocycles. The summed E-state index contributed by atoms with van der Waals surface area (Å²) in [6.45, 7) is 1.36. The Morgan fingerprint density at radius 3 is 2.55 bits per heavy atom. The first-order chi connectivity index (χ1) is 10.1. The number of hydrogen-bond acceptors (Lipinski definition) is 5. The molecule has 0 radical (unpaired) electrons. The second-order valence-corrected chi connectivity index (χ2v) is 6.81. The minimum Gasteiger partial charge on any atom is -0.480 e. The average molecular weight is 325 g/mol. The van der Waals surface area contributed by atoms with Gasteiger partial charge in [-0.2, -0.15) is 0 Å². The van der Waals surface area contributed by atoms with Crippen molar-refractivity contribution >= 4 is 27.2 Å². The van der Waals surface area contributed by atoms with Gasteiger partial charge in [-0.3, -0.25) is 9.20 Å². The zero-order valence-electron chi connectivity index (χ0n) is 12.2. The highest BCUT2D eigenvalue weighted by Gasteiger charge is 2.28. The zero-order valence-corrected chi connectivity index (χ0v) is 13.0. The number of carboxylic acid groups (broad SMARTS) is 1. The topological polar surface area (TPSA) is 109 Å². The lowest BCUT2D eigenvalue weighted by molar-refractivity contribution is -0.141. The zero-order chi connectivity index (χ0) is 16.7. The lowest BCUT2D eigenvalue weighted by Gasteiger charge is -2.20. The summed E-state index contributed by atoms with van der Waals surface area (Å²) < 4.78 is 24.9. The first kappa shape index (κ1) is 16.0. The van der Waals surface area contributed by atoms with Crippen LogP contribution in [0.1, 0.15) is 17.4 Å². The minimum atomic E-state index is -3.64. The molecule has 0 aliphatic rings. The molecule has 2 rings (SSSR count). The van der Waals surface area contributed by atoms with E-state index in [1.165, 1.54) is 24.6 Å². The van der Waals surface area contributed by atoms with Crippen molar-refractivity contribution in [3.8, 4) is 0 Å². The highest BCUT2D eigenvalue weighted by Crippen LogP contribution is 2.18. The van der Waals surface area contributed by atoms with Crippen molar-refractivity contribution in [2.75, 3.05) is 13.3 Å². The SMILES string of the molecule is CC(C(=O)O)N(C)C(=O)c1nc(S(C)(=O)=O)n2ccccc12. The molecule has 9 heteroatoms. The van der Waals surface area contributed by atoms with Crippen LogP contribution < -0.4 is 0 Å². The molecular weight excluding hydrogens is 310 g/mol. The number of fused-ring (bicyclic) bond motifs is 1. The summed E-state index contributed by atoms with van der Waals surface area (Å²) in [5.41, 5.74) is 0.203. The van der Waals surface area contributed by atoms with Gasteiger partial charge in [0.15, 0.2) is 5.69 Å². The fraction of sp³-hybridized carbons (Fsp3) is 0.308. The van der Waals surface area contributed by atoms with Gasteiger partial charge in [0.2, 0.25) is 15.0 Å². The Kier molecular flexibility index (Phi) is 3.92. The summed E-state index contributed by atoms with van der Waals surface area (Å²) in [7, 11) is -2.31. The van der Waals surface area contributed by atoms with Crippen molar-refractivity contribution in [2.24, 2.45) is 0 Å². The fourth-order valence-corrected chi connectivity index (χ4v) is 2.71. The number of carbonyl (C=O) groups excluding carboxylic acids is 1. The number of aliphatic carboxylic acids is 1. The number of nitrogens with zero attached hydrogens (tertiary/aromatic N) is 3. The van der Waals surface area contributed by atoms with Crippen molar-refractivity contribution in [1.82, 2.24) is 14.3 Å². The Labute approximate surface area is 126 Å². The highest BCUT2D eigenvalue weighted by molar-refractivity contribution is 7.90. The number of rotatable bonds is 4. The lowest BCUT2D eigenvalue weighted by atomic mass is 10.2. The van der Waals surface area contributed by atoms with Crippen molar-refractivity contribution in [2.45, 2.75) is 18.1 Å². The third-order valence-electron chi connectivity index (χ3n) is 3.31. The van der Waals surface area contributed by atoms with Gasteiger partial charge in [-0.25, -0.2) is 18.2 Å². The van der Waals surface area contributed by atoms with E-state index in [4.69, 9.17) is 5.11 Å². The average Bonchev–Trinajstić information content (AvgIpc) is 2.84. The smallest absolute Gasteiger partial charge is 0.326 e. The number of likely N-dealkylation sites (N-methyl/N-ethyl adjacent to an activating group) is 1. The molecule has 1 atom stereocenters. The van der Waals surface area contributed by atoms with Gasteiger partial charge in [0.05, 0.1) is 5.52 Å². The van der Waals surface area contributed by atoms with Crippen LogP contribution in [0.4, 0.5) is 0 Å². The van der Waals surface area contributed by atoms with E-state index in [9.17, 15) is 18.0 Å². The van der Waals surface area contributed by atoms with Crippen molar-refractivity contribution in [3.63, 3.8) is 0 Å². The first-order valence-electron chi connectivity index (χ1n) is 6.31. The molecule has 0 bridgehead atoms. The van der Waals surface area contributed by atoms with E-state index in [1.807, 2.05) is 0 Å². The second kappa shape index (κ2) is 5.41. The number of imidazole rings is 1. The molecule has 1 N–H and O–H groups in total. The lowest BCUT2D eigenvalue weighted by Crippen LogP contribution is -2.40. The van der Waals surface area contributed by atoms with Crippen LogP contribution in [0, 0.1) is 0 Å². The number of sulfone groups is 1. The second-order valence-electron chi connectivity index (χ2n) is 4.90. The Morgan fingerprint density at radius 1 is 1.36 bits per heavy atom. The molecule has 2 aromatic rings. The van der Waals surface area contributed by atoms with E-state index in [0.717, 1.165) is 11.2 Å². The Bertz CT molecular complexity index is 856. The van der Waals surface area contributed by atoms with E-state index in [1.54, 1.807) is 18.2 Å². The van der Waals surface area contributed by atoms with Gasteiger partial charge in [0, 0.05) is 19.5 Å². The van der Waals surface area contributed by atoms with Gasteiger partial charge in [-0.15, -0.1) is 0 Å². The third kappa shape index (κ3) is 2.67. The Balaban J connectivity index is 2.62. The molecule has 0 fully saturated rings. The maximum atomic E-state index is 12.4. The van der Waals surface area contributed by atoms with Crippen molar-refractivity contribution < 1.29 is 23.1 Å². The summed E-state index contributed by atoms with van der Waals surface area (Å²) in [4.78, 5) is 28.3. The standard InChI is InChI=1S/C13H15N3O5S/c1-8(12(18)19)15(2)11(17)10-9-6-4-5-7-16(9)13(14-10)22(3,20)21/h4-8H,1-3H3,(H,18,19). The van der Waals surface area contributed by atoms with E-state index in [-0.39, 0.29) is 10.9 Å². The van der Waals surface area contributed by atoms with Gasteiger partial charge in [0.1, 0.15) is 6.04 Å². The molecule has 1 amide bonds. The molecule has 0 saturated heterocycles. The largest absolute Gasteiger partial charge is 0.480 e. The monoisotopic (exact) mass is 325 g/mol. The summed E-state index contributed by atoms with van der Waals surface area (Å²) in [5, 5.41) is 8.72. The fourth-order valence-electron chi connectivity index (χ4n) is 1.94. The van der Waals surface area contributed by atoms with E-state index < -0.39 is 27.8 Å². The van der Waals surface area contributed by atoms with E-state index in [0.29, 0.717) is 5.52 Å². The number of aromatic nitrogens is 2. The summed E-state index contributed by atoms with van der Waals surface area (Å²) >= 11 is 0. The van der Waals surface area contributed by atoms with Crippen molar-refractivity contribution in [1.29, 1.82) is 0 Å². The van der Waals surface area contributed by atoms with Crippen molar-refractivity contribution in [3.05, 3.63) is 30.1 Å². The Hall–Kier alpha value is -2.42. The maximum Gasteiger partial charge on any atom is 0.326 e. The van der Waals surface area contributed by atoms with Crippen LogP contribution in [0.2, 0.25) is 0 Å². The molecule has 8 nitrogen and oxygen atoms in total. The highest BCUT2D eigenvalue weighted by atomic mass is 32.2. The molecular formula is C13H15N3O5S. The first-order valence-corrected chi connectivity index (χ1v) is 8.21. The number of amides is 1. The van der Waals surface area contributed by atoms with Gasteiger partial charge in [0.25, 0.3) is 5.91 Å². The molecule has 2 aromatic heterocycles. The normalized spacial score (nSPS) is 13.0. The number of pyridine rings is 1. The summed E-state index contributed by atoms with van der Waals surface area (Å²) in [6, 6.07) is 3.74. The summed E-state index contributed by atoms with van der Waals surface area (Å²) in [6.07, 6.45) is 2.47. The van der Waals surface area contributed by atoms with Crippen LogP contribution >= 0.6 is 0 Å². The van der Waals surface area contributed by atoms with E-state index in [2.05, 4.69) is 4.98 Å². The van der Waals surface area contributed by atoms with Crippen LogP contribution in [0.3, 0.4) is 0 Å². The quantitative estimate of drug-likeness (QED) is 0.865. The summed E-state index contributed by atoms with van der Waals surface area (Å²) in [5.74, 6) is -1.82.